The van der Waals surface area contributed by atoms with Crippen molar-refractivity contribution in [1.82, 2.24) is 14.7 Å². The first-order chi connectivity index (χ1) is 11.1. The van der Waals surface area contributed by atoms with E-state index >= 15 is 0 Å². The Morgan fingerprint density at radius 3 is 2.52 bits per heavy atom. The van der Waals surface area contributed by atoms with Gasteiger partial charge in [-0.05, 0) is 69.6 Å². The van der Waals surface area contributed by atoms with Crippen LogP contribution in [0.3, 0.4) is 0 Å². The van der Waals surface area contributed by atoms with Gasteiger partial charge < -0.3 is 9.64 Å². The van der Waals surface area contributed by atoms with Gasteiger partial charge in [-0.3, -0.25) is 4.68 Å². The molecule has 2 aromatic rings. The summed E-state index contributed by atoms with van der Waals surface area (Å²) in [5, 5.41) is 4.22. The normalized spacial score (nSPS) is 11.1. The Morgan fingerprint density at radius 1 is 1.04 bits per heavy atom. The minimum absolute atomic E-state index is 0.743. The highest BCUT2D eigenvalue weighted by Gasteiger charge is 2.01. The summed E-state index contributed by atoms with van der Waals surface area (Å²) in [4.78, 5) is 2.34. The predicted molar refractivity (Wildman–Crippen MR) is 95.0 cm³/mol. The maximum atomic E-state index is 5.86. The summed E-state index contributed by atoms with van der Waals surface area (Å²) in [5.74, 6) is 0.982. The zero-order chi connectivity index (χ0) is 16.5. The third-order valence-corrected chi connectivity index (χ3v) is 3.92. The molecule has 0 aliphatic heterocycles. The Kier molecular flexibility index (Phi) is 7.14. The highest BCUT2D eigenvalue weighted by Crippen LogP contribution is 2.16. The third kappa shape index (κ3) is 6.87. The molecule has 0 saturated heterocycles. The third-order valence-electron chi connectivity index (χ3n) is 3.92. The van der Waals surface area contributed by atoms with E-state index in [1.165, 1.54) is 30.4 Å². The van der Waals surface area contributed by atoms with Crippen LogP contribution in [0.2, 0.25) is 0 Å². The molecule has 0 bridgehead atoms. The minimum Gasteiger partial charge on any atom is -0.492 e. The molecule has 2 rings (SSSR count). The Bertz CT molecular complexity index is 546. The molecule has 0 unspecified atom stereocenters. The summed E-state index contributed by atoms with van der Waals surface area (Å²) in [6.45, 7) is 8.06. The standard InChI is InChI=1S/C19H29N3O/c1-17-14-18(2)16-19(15-17)23-13-12-21(3)9-5-4-6-10-22-11-7-8-20-22/h7-8,11,14-16H,4-6,9-10,12-13H2,1-3H3. The lowest BCUT2D eigenvalue weighted by molar-refractivity contribution is 0.234. The van der Waals surface area contributed by atoms with Gasteiger partial charge in [-0.25, -0.2) is 0 Å². The molecule has 0 N–H and O–H groups in total. The van der Waals surface area contributed by atoms with Crippen LogP contribution in [0, 0.1) is 13.8 Å². The molecule has 0 amide bonds. The van der Waals surface area contributed by atoms with Gasteiger partial charge >= 0.3 is 0 Å². The summed E-state index contributed by atoms with van der Waals surface area (Å²) < 4.78 is 7.86. The summed E-state index contributed by atoms with van der Waals surface area (Å²) in [7, 11) is 2.17. The van der Waals surface area contributed by atoms with E-state index in [0.717, 1.165) is 32.0 Å². The second kappa shape index (κ2) is 9.36. The van der Waals surface area contributed by atoms with Crippen molar-refractivity contribution in [2.45, 2.75) is 39.7 Å². The summed E-state index contributed by atoms with van der Waals surface area (Å²) in [5.41, 5.74) is 2.51. The molecule has 1 aromatic heterocycles. The summed E-state index contributed by atoms with van der Waals surface area (Å²) in [6.07, 6.45) is 7.51. The molecule has 0 spiro atoms. The Labute approximate surface area is 140 Å². The van der Waals surface area contributed by atoms with Gasteiger partial charge in [-0.1, -0.05) is 12.5 Å². The molecule has 0 radical (unpaired) electrons. The van der Waals surface area contributed by atoms with Crippen molar-refractivity contribution in [3.05, 3.63) is 47.8 Å². The zero-order valence-electron chi connectivity index (χ0n) is 14.7. The predicted octanol–water partition coefficient (Wildman–Crippen LogP) is 3.68. The molecule has 4 heteroatoms. The van der Waals surface area contributed by atoms with Gasteiger partial charge in [0.15, 0.2) is 0 Å². The number of ether oxygens (including phenoxy) is 1. The van der Waals surface area contributed by atoms with E-state index in [1.807, 2.05) is 23.1 Å². The van der Waals surface area contributed by atoms with Crippen LogP contribution >= 0.6 is 0 Å². The highest BCUT2D eigenvalue weighted by atomic mass is 16.5. The number of aromatic nitrogens is 2. The van der Waals surface area contributed by atoms with E-state index in [9.17, 15) is 0 Å². The molecule has 1 aromatic carbocycles. The van der Waals surface area contributed by atoms with Crippen molar-refractivity contribution < 1.29 is 4.74 Å². The molecule has 0 atom stereocenters. The number of rotatable bonds is 10. The first kappa shape index (κ1) is 17.5. The van der Waals surface area contributed by atoms with Crippen LogP contribution in [-0.2, 0) is 6.54 Å². The van der Waals surface area contributed by atoms with Crippen LogP contribution < -0.4 is 4.74 Å². The van der Waals surface area contributed by atoms with Crippen molar-refractivity contribution in [3.8, 4) is 5.75 Å². The topological polar surface area (TPSA) is 30.3 Å². The molecule has 4 nitrogen and oxygen atoms in total. The number of benzene rings is 1. The van der Waals surface area contributed by atoms with E-state index in [4.69, 9.17) is 4.74 Å². The molecule has 0 aliphatic carbocycles. The van der Waals surface area contributed by atoms with E-state index in [2.05, 4.69) is 49.1 Å². The molecular weight excluding hydrogens is 286 g/mol. The Balaban J connectivity index is 1.53. The van der Waals surface area contributed by atoms with Gasteiger partial charge in [0, 0.05) is 25.5 Å². The van der Waals surface area contributed by atoms with Crippen molar-refractivity contribution in [3.63, 3.8) is 0 Å². The van der Waals surface area contributed by atoms with Gasteiger partial charge in [0.1, 0.15) is 12.4 Å². The van der Waals surface area contributed by atoms with Crippen molar-refractivity contribution in [1.29, 1.82) is 0 Å². The van der Waals surface area contributed by atoms with E-state index < -0.39 is 0 Å². The highest BCUT2D eigenvalue weighted by molar-refractivity contribution is 5.32. The summed E-state index contributed by atoms with van der Waals surface area (Å²) in [6, 6.07) is 8.34. The fraction of sp³-hybridized carbons (Fsp3) is 0.526. The number of nitrogens with zero attached hydrogens (tertiary/aromatic N) is 3. The van der Waals surface area contributed by atoms with E-state index in [1.54, 1.807) is 0 Å². The quantitative estimate of drug-likeness (QED) is 0.627. The smallest absolute Gasteiger partial charge is 0.119 e. The average molecular weight is 315 g/mol. The molecule has 23 heavy (non-hydrogen) atoms. The monoisotopic (exact) mass is 315 g/mol. The minimum atomic E-state index is 0.743. The van der Waals surface area contributed by atoms with Crippen molar-refractivity contribution in [2.24, 2.45) is 0 Å². The zero-order valence-corrected chi connectivity index (χ0v) is 14.7. The first-order valence-corrected chi connectivity index (χ1v) is 8.50. The van der Waals surface area contributed by atoms with Crippen molar-refractivity contribution in [2.75, 3.05) is 26.7 Å². The second-order valence-electron chi connectivity index (χ2n) is 6.30. The maximum absolute atomic E-state index is 5.86. The average Bonchev–Trinajstić information content (AvgIpc) is 2.99. The SMILES string of the molecule is Cc1cc(C)cc(OCCN(C)CCCCCn2cccn2)c1. The molecule has 0 fully saturated rings. The van der Waals surface area contributed by atoms with Crippen LogP contribution in [-0.4, -0.2) is 41.4 Å². The van der Waals surface area contributed by atoms with Gasteiger partial charge in [-0.2, -0.15) is 5.10 Å². The second-order valence-corrected chi connectivity index (χ2v) is 6.30. The van der Waals surface area contributed by atoms with Gasteiger partial charge in [-0.15, -0.1) is 0 Å². The Morgan fingerprint density at radius 2 is 1.83 bits per heavy atom. The molecule has 126 valence electrons. The van der Waals surface area contributed by atoms with Gasteiger partial charge in [0.05, 0.1) is 0 Å². The molecule has 1 heterocycles. The fourth-order valence-corrected chi connectivity index (χ4v) is 2.71. The van der Waals surface area contributed by atoms with Crippen molar-refractivity contribution >= 4 is 0 Å². The lowest BCUT2D eigenvalue weighted by atomic mass is 10.1. The molecule has 0 aliphatic rings. The van der Waals surface area contributed by atoms with Gasteiger partial charge in [0.2, 0.25) is 0 Å². The van der Waals surface area contributed by atoms with Crippen LogP contribution in [0.15, 0.2) is 36.7 Å². The number of hydrogen-bond donors (Lipinski definition) is 0. The number of hydrogen-bond acceptors (Lipinski definition) is 3. The van der Waals surface area contributed by atoms with Crippen LogP contribution in [0.5, 0.6) is 5.75 Å². The summed E-state index contributed by atoms with van der Waals surface area (Å²) >= 11 is 0. The van der Waals surface area contributed by atoms with E-state index in [-0.39, 0.29) is 0 Å². The number of unbranched alkanes of at least 4 members (excludes halogenated alkanes) is 2. The number of aryl methyl sites for hydroxylation is 3. The van der Waals surface area contributed by atoms with Crippen LogP contribution in [0.1, 0.15) is 30.4 Å². The fourth-order valence-electron chi connectivity index (χ4n) is 2.71. The largest absolute Gasteiger partial charge is 0.492 e. The molecule has 0 saturated carbocycles. The first-order valence-electron chi connectivity index (χ1n) is 8.50. The van der Waals surface area contributed by atoms with Crippen LogP contribution in [0.25, 0.3) is 0 Å². The van der Waals surface area contributed by atoms with Gasteiger partial charge in [0.25, 0.3) is 0 Å². The number of likely N-dealkylation sites (N-methyl/N-ethyl adjacent to an activating group) is 1. The van der Waals surface area contributed by atoms with E-state index in [0.29, 0.717) is 0 Å². The lowest BCUT2D eigenvalue weighted by Gasteiger charge is -2.17. The Hall–Kier alpha value is -1.81. The maximum Gasteiger partial charge on any atom is 0.119 e. The molecular formula is C19H29N3O. The lowest BCUT2D eigenvalue weighted by Crippen LogP contribution is -2.25. The van der Waals surface area contributed by atoms with Crippen LogP contribution in [0.4, 0.5) is 0 Å².